The maximum absolute atomic E-state index is 13.4. The Morgan fingerprint density at radius 1 is 1.40 bits per heavy atom. The molecule has 15 heavy (non-hydrogen) atoms. The van der Waals surface area contributed by atoms with Crippen molar-refractivity contribution >= 4 is 0 Å². The highest BCUT2D eigenvalue weighted by atomic mass is 19.1. The second-order valence-electron chi connectivity index (χ2n) is 3.29. The van der Waals surface area contributed by atoms with Gasteiger partial charge < -0.3 is 14.6 Å². The lowest BCUT2D eigenvalue weighted by atomic mass is 10.1. The summed E-state index contributed by atoms with van der Waals surface area (Å²) in [6.07, 6.45) is -0.841. The Morgan fingerprint density at radius 2 is 2.07 bits per heavy atom. The van der Waals surface area contributed by atoms with Gasteiger partial charge in [-0.05, 0) is 13.0 Å². The van der Waals surface area contributed by atoms with Gasteiger partial charge in [0.1, 0.15) is 11.6 Å². The predicted molar refractivity (Wildman–Crippen MR) is 54.3 cm³/mol. The average molecular weight is 214 g/mol. The molecule has 1 atom stereocenters. The molecule has 1 aromatic rings. The van der Waals surface area contributed by atoms with E-state index in [2.05, 4.69) is 0 Å². The van der Waals surface area contributed by atoms with Gasteiger partial charge in [0, 0.05) is 24.3 Å². The quantitative estimate of drug-likeness (QED) is 0.833. The van der Waals surface area contributed by atoms with Crippen molar-refractivity contribution < 1.29 is 19.0 Å². The van der Waals surface area contributed by atoms with Crippen molar-refractivity contribution in [2.75, 3.05) is 14.2 Å². The molecule has 1 aromatic carbocycles. The highest BCUT2D eigenvalue weighted by Gasteiger charge is 2.13. The number of aliphatic hydroxyl groups excluding tert-OH is 1. The number of methoxy groups -OCH3 is 2. The Balaban J connectivity index is 3.17. The zero-order valence-electron chi connectivity index (χ0n) is 9.08. The summed E-state index contributed by atoms with van der Waals surface area (Å²) in [6, 6.07) is 2.82. The fourth-order valence-corrected chi connectivity index (χ4v) is 1.40. The second kappa shape index (κ2) is 5.09. The molecule has 3 nitrogen and oxygen atoms in total. The van der Waals surface area contributed by atoms with Gasteiger partial charge in [-0.25, -0.2) is 4.39 Å². The average Bonchev–Trinajstić information content (AvgIpc) is 2.20. The lowest BCUT2D eigenvalue weighted by Crippen LogP contribution is -2.01. The van der Waals surface area contributed by atoms with Gasteiger partial charge in [-0.15, -0.1) is 0 Å². The number of ether oxygens (including phenoxy) is 2. The molecular weight excluding hydrogens is 199 g/mol. The Bertz CT molecular complexity index is 337. The lowest BCUT2D eigenvalue weighted by Gasteiger charge is -2.12. The van der Waals surface area contributed by atoms with Gasteiger partial charge in [0.2, 0.25) is 0 Å². The van der Waals surface area contributed by atoms with Crippen molar-refractivity contribution in [3.05, 3.63) is 29.1 Å². The smallest absolute Gasteiger partial charge is 0.132 e. The standard InChI is InChI=1S/C11H15FO3/c1-7(13)9-4-8(6-14-2)11(15-3)5-10(9)12/h4-5,7,13H,6H2,1-3H3. The van der Waals surface area contributed by atoms with E-state index < -0.39 is 11.9 Å². The number of hydrogen-bond acceptors (Lipinski definition) is 3. The summed E-state index contributed by atoms with van der Waals surface area (Å²) in [5, 5.41) is 9.34. The van der Waals surface area contributed by atoms with Gasteiger partial charge in [-0.1, -0.05) is 0 Å². The van der Waals surface area contributed by atoms with E-state index in [-0.39, 0.29) is 5.56 Å². The number of hydrogen-bond donors (Lipinski definition) is 1. The highest BCUT2D eigenvalue weighted by molar-refractivity contribution is 5.38. The van der Waals surface area contributed by atoms with E-state index >= 15 is 0 Å². The van der Waals surface area contributed by atoms with Crippen molar-refractivity contribution in [2.45, 2.75) is 19.6 Å². The fourth-order valence-electron chi connectivity index (χ4n) is 1.40. The summed E-state index contributed by atoms with van der Waals surface area (Å²) >= 11 is 0. The van der Waals surface area contributed by atoms with Crippen molar-refractivity contribution in [1.82, 2.24) is 0 Å². The molecule has 0 aliphatic carbocycles. The lowest BCUT2D eigenvalue weighted by molar-refractivity contribution is 0.178. The van der Waals surface area contributed by atoms with Crippen molar-refractivity contribution in [3.63, 3.8) is 0 Å². The van der Waals surface area contributed by atoms with Gasteiger partial charge >= 0.3 is 0 Å². The molecule has 0 aliphatic heterocycles. The van der Waals surface area contributed by atoms with Gasteiger partial charge in [-0.2, -0.15) is 0 Å². The molecule has 0 heterocycles. The molecule has 0 amide bonds. The normalized spacial score (nSPS) is 12.6. The maximum Gasteiger partial charge on any atom is 0.132 e. The van der Waals surface area contributed by atoms with Crippen molar-refractivity contribution in [3.8, 4) is 5.75 Å². The van der Waals surface area contributed by atoms with Crippen molar-refractivity contribution in [2.24, 2.45) is 0 Å². The van der Waals surface area contributed by atoms with Gasteiger partial charge in [0.05, 0.1) is 19.8 Å². The van der Waals surface area contributed by atoms with Gasteiger partial charge in [-0.3, -0.25) is 0 Å². The van der Waals surface area contributed by atoms with E-state index in [1.807, 2.05) is 0 Å². The predicted octanol–water partition coefficient (Wildman–Crippen LogP) is 2.03. The van der Waals surface area contributed by atoms with Crippen LogP contribution in [-0.2, 0) is 11.3 Å². The van der Waals surface area contributed by atoms with Crippen molar-refractivity contribution in [1.29, 1.82) is 0 Å². The van der Waals surface area contributed by atoms with Crippen LogP contribution in [0.3, 0.4) is 0 Å². The highest BCUT2D eigenvalue weighted by Crippen LogP contribution is 2.26. The largest absolute Gasteiger partial charge is 0.496 e. The second-order valence-corrected chi connectivity index (χ2v) is 3.29. The SMILES string of the molecule is COCc1cc(C(C)O)c(F)cc1OC. The molecule has 0 bridgehead atoms. The Hall–Kier alpha value is -1.13. The van der Waals surface area contributed by atoms with Crippen LogP contribution in [0.15, 0.2) is 12.1 Å². The van der Waals surface area contributed by atoms with Crippen LogP contribution in [0.4, 0.5) is 4.39 Å². The van der Waals surface area contributed by atoms with E-state index in [1.165, 1.54) is 20.1 Å². The minimum Gasteiger partial charge on any atom is -0.496 e. The summed E-state index contributed by atoms with van der Waals surface area (Å²) < 4.78 is 23.4. The van der Waals surface area contributed by atoms with E-state index in [0.29, 0.717) is 12.4 Å². The fraction of sp³-hybridized carbons (Fsp3) is 0.455. The van der Waals surface area contributed by atoms with Crippen LogP contribution in [0.1, 0.15) is 24.2 Å². The minimum atomic E-state index is -0.841. The van der Waals surface area contributed by atoms with Crippen LogP contribution in [-0.4, -0.2) is 19.3 Å². The third-order valence-corrected chi connectivity index (χ3v) is 2.15. The molecule has 1 unspecified atom stereocenters. The van der Waals surface area contributed by atoms with Crippen LogP contribution in [0.5, 0.6) is 5.75 Å². The molecule has 4 heteroatoms. The van der Waals surface area contributed by atoms with Crippen LogP contribution in [0.2, 0.25) is 0 Å². The zero-order valence-corrected chi connectivity index (χ0v) is 9.08. The first-order valence-corrected chi connectivity index (χ1v) is 4.63. The molecule has 1 N–H and O–H groups in total. The first kappa shape index (κ1) is 11.9. The summed E-state index contributed by atoms with van der Waals surface area (Å²) in [4.78, 5) is 0. The molecule has 0 saturated heterocycles. The maximum atomic E-state index is 13.4. The first-order chi connectivity index (χ1) is 7.10. The summed E-state index contributed by atoms with van der Waals surface area (Å²) in [6.45, 7) is 1.84. The van der Waals surface area contributed by atoms with Crippen LogP contribution >= 0.6 is 0 Å². The third-order valence-electron chi connectivity index (χ3n) is 2.15. The van der Waals surface area contributed by atoms with Crippen LogP contribution in [0, 0.1) is 5.82 Å². The summed E-state index contributed by atoms with van der Waals surface area (Å²) in [5.41, 5.74) is 0.972. The molecule has 0 aliphatic rings. The van der Waals surface area contributed by atoms with Crippen LogP contribution < -0.4 is 4.74 Å². The van der Waals surface area contributed by atoms with E-state index in [1.54, 1.807) is 13.2 Å². The molecule has 84 valence electrons. The number of halogens is 1. The van der Waals surface area contributed by atoms with Gasteiger partial charge in [0.25, 0.3) is 0 Å². The Kier molecular flexibility index (Phi) is 4.05. The Morgan fingerprint density at radius 3 is 2.53 bits per heavy atom. The molecular formula is C11H15FO3. The van der Waals surface area contributed by atoms with E-state index in [0.717, 1.165) is 5.56 Å². The number of aliphatic hydroxyl groups is 1. The number of rotatable bonds is 4. The summed E-state index contributed by atoms with van der Waals surface area (Å²) in [7, 11) is 3.01. The summed E-state index contributed by atoms with van der Waals surface area (Å²) in [5.74, 6) is -0.0412. The Labute approximate surface area is 88.4 Å². The zero-order chi connectivity index (χ0) is 11.4. The van der Waals surface area contributed by atoms with E-state index in [4.69, 9.17) is 9.47 Å². The van der Waals surface area contributed by atoms with Gasteiger partial charge in [0.15, 0.2) is 0 Å². The molecule has 0 saturated carbocycles. The topological polar surface area (TPSA) is 38.7 Å². The molecule has 0 aromatic heterocycles. The molecule has 0 radical (unpaired) electrons. The number of benzene rings is 1. The van der Waals surface area contributed by atoms with E-state index in [9.17, 15) is 9.50 Å². The van der Waals surface area contributed by atoms with Crippen LogP contribution in [0.25, 0.3) is 0 Å². The minimum absolute atomic E-state index is 0.253. The third kappa shape index (κ3) is 2.67. The first-order valence-electron chi connectivity index (χ1n) is 4.63. The molecule has 0 fully saturated rings. The molecule has 1 rings (SSSR count). The molecule has 0 spiro atoms. The monoisotopic (exact) mass is 214 g/mol.